The summed E-state index contributed by atoms with van der Waals surface area (Å²) in [6, 6.07) is 7.43. The van der Waals surface area contributed by atoms with Gasteiger partial charge >= 0.3 is 0 Å². The molecular formula is C14H18N4OS. The molecule has 20 heavy (non-hydrogen) atoms. The topological polar surface area (TPSA) is 52.5 Å². The Morgan fingerprint density at radius 2 is 1.80 bits per heavy atom. The monoisotopic (exact) mass is 290 g/mol. The Balaban J connectivity index is 1.55. The molecule has 0 amide bonds. The largest absolute Gasteiger partial charge is 0.508 e. The predicted molar refractivity (Wildman–Crippen MR) is 80.2 cm³/mol. The Morgan fingerprint density at radius 1 is 1.10 bits per heavy atom. The molecule has 0 saturated carbocycles. The number of phenolic OH excluding ortho intramolecular Hbond substituents is 1. The fourth-order valence-electron chi connectivity index (χ4n) is 2.42. The standard InChI is InChI=1S/C14H18N4OS/c1-11-15-16-14(20-11)10-17-6-8-18(9-7-17)12-2-4-13(19)5-3-12/h2-5,19H,6-10H2,1H3. The maximum atomic E-state index is 9.32. The van der Waals surface area contributed by atoms with Crippen molar-refractivity contribution >= 4 is 17.0 Å². The van der Waals surface area contributed by atoms with E-state index in [0.717, 1.165) is 42.7 Å². The first-order valence-corrected chi connectivity index (χ1v) is 7.58. The highest BCUT2D eigenvalue weighted by Crippen LogP contribution is 2.20. The van der Waals surface area contributed by atoms with Crippen LogP contribution < -0.4 is 4.90 Å². The summed E-state index contributed by atoms with van der Waals surface area (Å²) in [5.74, 6) is 0.319. The minimum absolute atomic E-state index is 0.319. The molecule has 1 aromatic carbocycles. The summed E-state index contributed by atoms with van der Waals surface area (Å²) in [6.07, 6.45) is 0. The van der Waals surface area contributed by atoms with E-state index in [2.05, 4.69) is 20.0 Å². The third-order valence-electron chi connectivity index (χ3n) is 3.51. The molecule has 2 heterocycles. The Morgan fingerprint density at radius 3 is 2.40 bits per heavy atom. The van der Waals surface area contributed by atoms with Crippen LogP contribution in [-0.2, 0) is 6.54 Å². The minimum atomic E-state index is 0.319. The van der Waals surface area contributed by atoms with Crippen LogP contribution in [0.15, 0.2) is 24.3 Å². The lowest BCUT2D eigenvalue weighted by Gasteiger charge is -2.35. The predicted octanol–water partition coefficient (Wildman–Crippen LogP) is 1.87. The fourth-order valence-corrected chi connectivity index (χ4v) is 3.17. The fraction of sp³-hybridized carbons (Fsp3) is 0.429. The van der Waals surface area contributed by atoms with Gasteiger partial charge in [-0.15, -0.1) is 21.5 Å². The summed E-state index contributed by atoms with van der Waals surface area (Å²) >= 11 is 1.67. The summed E-state index contributed by atoms with van der Waals surface area (Å²) < 4.78 is 0. The summed E-state index contributed by atoms with van der Waals surface area (Å²) in [4.78, 5) is 4.76. The Hall–Kier alpha value is -1.66. The first kappa shape index (κ1) is 13.3. The number of anilines is 1. The molecule has 0 aliphatic carbocycles. The highest BCUT2D eigenvalue weighted by Gasteiger charge is 2.18. The smallest absolute Gasteiger partial charge is 0.131 e. The van der Waals surface area contributed by atoms with E-state index in [4.69, 9.17) is 0 Å². The number of aromatic hydroxyl groups is 1. The van der Waals surface area contributed by atoms with Gasteiger partial charge in [-0.3, -0.25) is 4.90 Å². The van der Waals surface area contributed by atoms with Crippen molar-refractivity contribution in [3.63, 3.8) is 0 Å². The third-order valence-corrected chi connectivity index (χ3v) is 4.34. The molecule has 6 heteroatoms. The Kier molecular flexibility index (Phi) is 3.84. The average molecular weight is 290 g/mol. The number of aryl methyl sites for hydroxylation is 1. The van der Waals surface area contributed by atoms with E-state index in [-0.39, 0.29) is 0 Å². The molecule has 2 aromatic rings. The normalized spacial score (nSPS) is 16.6. The van der Waals surface area contributed by atoms with E-state index in [1.165, 1.54) is 5.69 Å². The van der Waals surface area contributed by atoms with Gasteiger partial charge in [-0.25, -0.2) is 0 Å². The molecule has 1 aliphatic heterocycles. The maximum absolute atomic E-state index is 9.32. The van der Waals surface area contributed by atoms with Crippen LogP contribution >= 0.6 is 11.3 Å². The third kappa shape index (κ3) is 3.08. The van der Waals surface area contributed by atoms with Crippen LogP contribution in [0, 0.1) is 6.92 Å². The van der Waals surface area contributed by atoms with E-state index >= 15 is 0 Å². The van der Waals surface area contributed by atoms with E-state index in [0.29, 0.717) is 5.75 Å². The number of piperazine rings is 1. The minimum Gasteiger partial charge on any atom is -0.508 e. The molecule has 0 radical (unpaired) electrons. The molecule has 0 atom stereocenters. The molecule has 1 aliphatic rings. The van der Waals surface area contributed by atoms with E-state index in [1.54, 1.807) is 23.5 Å². The lowest BCUT2D eigenvalue weighted by atomic mass is 10.2. The van der Waals surface area contributed by atoms with Crippen LogP contribution in [0.2, 0.25) is 0 Å². The quantitative estimate of drug-likeness (QED) is 0.935. The van der Waals surface area contributed by atoms with Gasteiger partial charge in [0.15, 0.2) is 0 Å². The van der Waals surface area contributed by atoms with Crippen LogP contribution in [0.3, 0.4) is 0 Å². The van der Waals surface area contributed by atoms with Gasteiger partial charge in [-0.1, -0.05) is 0 Å². The highest BCUT2D eigenvalue weighted by molar-refractivity contribution is 7.11. The van der Waals surface area contributed by atoms with Crippen LogP contribution in [0.25, 0.3) is 0 Å². The molecule has 0 spiro atoms. The number of benzene rings is 1. The zero-order valence-electron chi connectivity index (χ0n) is 11.5. The Labute approximate surface area is 122 Å². The number of aromatic nitrogens is 2. The molecule has 106 valence electrons. The second kappa shape index (κ2) is 5.76. The zero-order valence-corrected chi connectivity index (χ0v) is 12.3. The van der Waals surface area contributed by atoms with E-state index < -0.39 is 0 Å². The lowest BCUT2D eigenvalue weighted by Crippen LogP contribution is -2.45. The van der Waals surface area contributed by atoms with Gasteiger partial charge in [-0.2, -0.15) is 0 Å². The molecule has 0 unspecified atom stereocenters. The van der Waals surface area contributed by atoms with Crippen molar-refractivity contribution in [1.29, 1.82) is 0 Å². The van der Waals surface area contributed by atoms with Crippen molar-refractivity contribution in [2.75, 3.05) is 31.1 Å². The van der Waals surface area contributed by atoms with Crippen molar-refractivity contribution in [3.05, 3.63) is 34.3 Å². The van der Waals surface area contributed by atoms with Crippen molar-refractivity contribution in [1.82, 2.24) is 15.1 Å². The van der Waals surface area contributed by atoms with E-state index in [1.807, 2.05) is 19.1 Å². The van der Waals surface area contributed by atoms with Crippen molar-refractivity contribution in [3.8, 4) is 5.75 Å². The molecule has 5 nitrogen and oxygen atoms in total. The second-order valence-corrected chi connectivity index (χ2v) is 6.26. The number of nitrogens with zero attached hydrogens (tertiary/aromatic N) is 4. The molecule has 1 fully saturated rings. The van der Waals surface area contributed by atoms with Gasteiger partial charge < -0.3 is 10.0 Å². The van der Waals surface area contributed by atoms with Crippen LogP contribution in [0.1, 0.15) is 10.0 Å². The molecule has 1 saturated heterocycles. The molecule has 3 rings (SSSR count). The van der Waals surface area contributed by atoms with Gasteiger partial charge in [0.2, 0.25) is 0 Å². The highest BCUT2D eigenvalue weighted by atomic mass is 32.1. The SMILES string of the molecule is Cc1nnc(CN2CCN(c3ccc(O)cc3)CC2)s1. The Bertz CT molecular complexity index is 561. The van der Waals surface area contributed by atoms with Crippen molar-refractivity contribution in [2.45, 2.75) is 13.5 Å². The molecule has 1 N–H and O–H groups in total. The lowest BCUT2D eigenvalue weighted by molar-refractivity contribution is 0.249. The number of hydrogen-bond acceptors (Lipinski definition) is 6. The van der Waals surface area contributed by atoms with E-state index in [9.17, 15) is 5.11 Å². The van der Waals surface area contributed by atoms with Gasteiger partial charge in [0.1, 0.15) is 15.8 Å². The molecule has 1 aromatic heterocycles. The van der Waals surface area contributed by atoms with Gasteiger partial charge in [0.05, 0.1) is 6.54 Å². The number of phenols is 1. The number of hydrogen-bond donors (Lipinski definition) is 1. The van der Waals surface area contributed by atoms with Gasteiger partial charge in [-0.05, 0) is 31.2 Å². The summed E-state index contributed by atoms with van der Waals surface area (Å²) in [6.45, 7) is 6.95. The first-order valence-electron chi connectivity index (χ1n) is 6.76. The van der Waals surface area contributed by atoms with Gasteiger partial charge in [0.25, 0.3) is 0 Å². The van der Waals surface area contributed by atoms with Crippen molar-refractivity contribution in [2.24, 2.45) is 0 Å². The van der Waals surface area contributed by atoms with Crippen LogP contribution in [0.4, 0.5) is 5.69 Å². The van der Waals surface area contributed by atoms with Crippen molar-refractivity contribution < 1.29 is 5.11 Å². The van der Waals surface area contributed by atoms with Crippen LogP contribution in [-0.4, -0.2) is 46.4 Å². The maximum Gasteiger partial charge on any atom is 0.131 e. The molecular weight excluding hydrogens is 272 g/mol. The summed E-state index contributed by atoms with van der Waals surface area (Å²) in [5, 5.41) is 19.7. The molecule has 0 bridgehead atoms. The average Bonchev–Trinajstić information content (AvgIpc) is 2.86. The first-order chi connectivity index (χ1) is 9.70. The van der Waals surface area contributed by atoms with Gasteiger partial charge in [0, 0.05) is 31.9 Å². The zero-order chi connectivity index (χ0) is 13.9. The summed E-state index contributed by atoms with van der Waals surface area (Å²) in [5.41, 5.74) is 1.18. The number of rotatable bonds is 3. The summed E-state index contributed by atoms with van der Waals surface area (Å²) in [7, 11) is 0. The second-order valence-electron chi connectivity index (χ2n) is 4.99. The van der Waals surface area contributed by atoms with Crippen LogP contribution in [0.5, 0.6) is 5.75 Å².